The van der Waals surface area contributed by atoms with Gasteiger partial charge in [-0.05, 0) is 69.7 Å². The van der Waals surface area contributed by atoms with Gasteiger partial charge in [-0.15, -0.1) is 0 Å². The Morgan fingerprint density at radius 2 is 1.62 bits per heavy atom. The molecule has 0 aliphatic rings. The van der Waals surface area contributed by atoms with Crippen molar-refractivity contribution < 1.29 is 14.6 Å². The molecule has 2 aromatic carbocycles. The van der Waals surface area contributed by atoms with Crippen LogP contribution in [0.3, 0.4) is 0 Å². The van der Waals surface area contributed by atoms with Crippen LogP contribution in [0.5, 0.6) is 11.5 Å². The molecular formula is C22H27NO3. The summed E-state index contributed by atoms with van der Waals surface area (Å²) in [5.41, 5.74) is 2.08. The molecule has 26 heavy (non-hydrogen) atoms. The van der Waals surface area contributed by atoms with Crippen molar-refractivity contribution in [2.24, 2.45) is 0 Å². The van der Waals surface area contributed by atoms with Crippen molar-refractivity contribution in [2.75, 3.05) is 5.32 Å². The number of phenolic OH excluding ortho intramolecular Hbond substituents is 1. The molecule has 0 atom stereocenters. The smallest absolute Gasteiger partial charge is 0.250 e. The maximum Gasteiger partial charge on any atom is 0.250 e. The first-order chi connectivity index (χ1) is 12.1. The Hall–Kier alpha value is -3.01. The van der Waals surface area contributed by atoms with Crippen LogP contribution in [-0.4, -0.2) is 16.6 Å². The van der Waals surface area contributed by atoms with Crippen molar-refractivity contribution in [1.29, 1.82) is 0 Å². The first kappa shape index (κ1) is 21.0. The van der Waals surface area contributed by atoms with E-state index >= 15 is 0 Å². The zero-order chi connectivity index (χ0) is 19.7. The second-order valence-corrected chi connectivity index (χ2v) is 6.77. The summed E-state index contributed by atoms with van der Waals surface area (Å²) >= 11 is 0. The number of phenols is 1. The number of nitrogens with one attached hydrogen (secondary N) is 1. The first-order valence-corrected chi connectivity index (χ1v) is 8.28. The highest BCUT2D eigenvalue weighted by Crippen LogP contribution is 2.18. The van der Waals surface area contributed by atoms with Crippen LogP contribution < -0.4 is 10.1 Å². The summed E-state index contributed by atoms with van der Waals surface area (Å²) in [5, 5.41) is 11.6. The van der Waals surface area contributed by atoms with Gasteiger partial charge in [0.05, 0.1) is 0 Å². The van der Waals surface area contributed by atoms with Crippen LogP contribution in [0.1, 0.15) is 33.3 Å². The molecule has 0 heterocycles. The van der Waals surface area contributed by atoms with Gasteiger partial charge in [-0.3, -0.25) is 4.79 Å². The van der Waals surface area contributed by atoms with Gasteiger partial charge in [0.15, 0.2) is 0 Å². The zero-order valence-corrected chi connectivity index (χ0v) is 15.9. The van der Waals surface area contributed by atoms with E-state index in [0.29, 0.717) is 11.3 Å². The second-order valence-electron chi connectivity index (χ2n) is 6.77. The highest BCUT2D eigenvalue weighted by molar-refractivity contribution is 6.02. The lowest BCUT2D eigenvalue weighted by molar-refractivity contribution is -0.112. The van der Waals surface area contributed by atoms with Crippen LogP contribution in [0.4, 0.5) is 5.69 Å². The monoisotopic (exact) mass is 353 g/mol. The zero-order valence-electron chi connectivity index (χ0n) is 15.9. The number of carbonyl (C=O) groups is 1. The number of carbonyl (C=O) groups excluding carboxylic acids is 1. The van der Waals surface area contributed by atoms with E-state index < -0.39 is 0 Å². The van der Waals surface area contributed by atoms with Crippen molar-refractivity contribution in [3.05, 3.63) is 72.8 Å². The molecule has 0 aliphatic heterocycles. The number of ether oxygens (including phenoxy) is 1. The molecule has 0 aromatic heterocycles. The van der Waals surface area contributed by atoms with Gasteiger partial charge in [0.2, 0.25) is 0 Å². The molecule has 0 spiro atoms. The lowest BCUT2D eigenvalue weighted by atomic mass is 10.2. The van der Waals surface area contributed by atoms with E-state index in [9.17, 15) is 4.79 Å². The minimum absolute atomic E-state index is 0.129. The van der Waals surface area contributed by atoms with Crippen LogP contribution in [0, 0.1) is 0 Å². The molecule has 0 radical (unpaired) electrons. The Labute approximate surface area is 155 Å². The summed E-state index contributed by atoms with van der Waals surface area (Å²) in [6.45, 7) is 14.9. The lowest BCUT2D eigenvalue weighted by Crippen LogP contribution is -2.22. The van der Waals surface area contributed by atoms with Gasteiger partial charge in [-0.2, -0.15) is 0 Å². The molecule has 0 unspecified atom stereocenters. The van der Waals surface area contributed by atoms with Gasteiger partial charge in [-0.25, -0.2) is 0 Å². The molecule has 2 rings (SSSR count). The summed E-state index contributed by atoms with van der Waals surface area (Å²) in [6, 6.07) is 14.2. The number of aromatic hydroxyl groups is 1. The average molecular weight is 353 g/mol. The van der Waals surface area contributed by atoms with Gasteiger partial charge in [0.25, 0.3) is 5.91 Å². The van der Waals surface area contributed by atoms with Gasteiger partial charge in [0.1, 0.15) is 17.1 Å². The quantitative estimate of drug-likeness (QED) is 0.570. The highest BCUT2D eigenvalue weighted by atomic mass is 16.5. The van der Waals surface area contributed by atoms with Crippen LogP contribution in [0.2, 0.25) is 0 Å². The van der Waals surface area contributed by atoms with Gasteiger partial charge in [0, 0.05) is 11.3 Å². The molecule has 0 saturated heterocycles. The molecule has 2 aromatic rings. The Morgan fingerprint density at radius 3 is 2.04 bits per heavy atom. The topological polar surface area (TPSA) is 58.6 Å². The van der Waals surface area contributed by atoms with E-state index in [-0.39, 0.29) is 17.3 Å². The molecule has 4 nitrogen and oxygen atoms in total. The molecule has 0 fully saturated rings. The fourth-order valence-electron chi connectivity index (χ4n) is 1.81. The summed E-state index contributed by atoms with van der Waals surface area (Å²) in [4.78, 5) is 11.1. The molecule has 138 valence electrons. The van der Waals surface area contributed by atoms with Crippen molar-refractivity contribution in [3.8, 4) is 11.5 Å². The normalized spacial score (nSPS) is 10.2. The number of hydrogen-bond donors (Lipinski definition) is 2. The molecule has 2 N–H and O–H groups in total. The summed E-state index contributed by atoms with van der Waals surface area (Å²) in [7, 11) is 0. The number of benzene rings is 2. The third-order valence-electron chi connectivity index (χ3n) is 3.05. The Balaban J connectivity index is 0.000000260. The minimum atomic E-state index is -0.217. The molecule has 1 amide bonds. The van der Waals surface area contributed by atoms with Gasteiger partial charge >= 0.3 is 0 Å². The van der Waals surface area contributed by atoms with Gasteiger partial charge < -0.3 is 15.2 Å². The van der Waals surface area contributed by atoms with Crippen molar-refractivity contribution >= 4 is 17.7 Å². The number of amides is 1. The van der Waals surface area contributed by atoms with Crippen LogP contribution in [-0.2, 0) is 4.79 Å². The minimum Gasteiger partial charge on any atom is -0.508 e. The van der Waals surface area contributed by atoms with Crippen LogP contribution in [0.25, 0.3) is 6.08 Å². The summed E-state index contributed by atoms with van der Waals surface area (Å²) in [6.07, 6.45) is 1.82. The molecule has 0 aliphatic carbocycles. The fourth-order valence-corrected chi connectivity index (χ4v) is 1.81. The van der Waals surface area contributed by atoms with Crippen LogP contribution >= 0.6 is 0 Å². The Bertz CT molecular complexity index is 738. The van der Waals surface area contributed by atoms with Crippen molar-refractivity contribution in [3.63, 3.8) is 0 Å². The van der Waals surface area contributed by atoms with Crippen molar-refractivity contribution in [2.45, 2.75) is 33.3 Å². The number of hydrogen-bond acceptors (Lipinski definition) is 3. The maximum absolute atomic E-state index is 11.1. The molecule has 0 saturated carbocycles. The van der Waals surface area contributed by atoms with Gasteiger partial charge in [-0.1, -0.05) is 31.4 Å². The summed E-state index contributed by atoms with van der Waals surface area (Å²) < 4.78 is 5.67. The predicted molar refractivity (Wildman–Crippen MR) is 108 cm³/mol. The fraction of sp³-hybridized carbons (Fsp3) is 0.227. The van der Waals surface area contributed by atoms with E-state index in [1.54, 1.807) is 19.1 Å². The van der Waals surface area contributed by atoms with Crippen molar-refractivity contribution in [1.82, 2.24) is 0 Å². The SMILES string of the molecule is C=C(C)C(=O)Nc1ccc(O)cc1.C=Cc1ccc(OC(C)(C)C)cc1. The lowest BCUT2D eigenvalue weighted by Gasteiger charge is -2.21. The number of anilines is 1. The van der Waals surface area contributed by atoms with Crippen LogP contribution in [0.15, 0.2) is 67.3 Å². The van der Waals surface area contributed by atoms with E-state index in [2.05, 4.69) is 18.5 Å². The third-order valence-corrected chi connectivity index (χ3v) is 3.05. The van der Waals surface area contributed by atoms with E-state index in [1.807, 2.05) is 51.1 Å². The highest BCUT2D eigenvalue weighted by Gasteiger charge is 2.10. The second kappa shape index (κ2) is 9.47. The largest absolute Gasteiger partial charge is 0.508 e. The average Bonchev–Trinajstić information content (AvgIpc) is 2.56. The first-order valence-electron chi connectivity index (χ1n) is 8.28. The molecule has 0 bridgehead atoms. The standard InChI is InChI=1S/C12H16O.C10H11NO2/c1-5-10-6-8-11(9-7-10)13-12(2,3)4;1-7(2)10(13)11-8-3-5-9(12)6-4-8/h5-9H,1H2,2-4H3;3-6,12H,1H2,2H3,(H,11,13). The van der Waals surface area contributed by atoms with E-state index in [0.717, 1.165) is 11.3 Å². The molecular weight excluding hydrogens is 326 g/mol. The predicted octanol–water partition coefficient (Wildman–Crippen LogP) is 5.41. The summed E-state index contributed by atoms with van der Waals surface area (Å²) in [5.74, 6) is 0.858. The Kier molecular flexibility index (Phi) is 7.66. The Morgan fingerprint density at radius 1 is 1.08 bits per heavy atom. The van der Waals surface area contributed by atoms with E-state index in [4.69, 9.17) is 9.84 Å². The molecule has 4 heteroatoms. The third kappa shape index (κ3) is 8.20. The maximum atomic E-state index is 11.1. The number of rotatable bonds is 4. The van der Waals surface area contributed by atoms with E-state index in [1.165, 1.54) is 12.1 Å².